The van der Waals surface area contributed by atoms with Gasteiger partial charge in [-0.3, -0.25) is 0 Å². The average molecular weight is 579 g/mol. The van der Waals surface area contributed by atoms with Crippen molar-refractivity contribution < 1.29 is 9.13 Å². The van der Waals surface area contributed by atoms with Gasteiger partial charge in [0.25, 0.3) is 0 Å². The fourth-order valence-electron chi connectivity index (χ4n) is 5.66. The Hall–Kier alpha value is -4.31. The number of ether oxygens (including phenoxy) is 1. The van der Waals surface area contributed by atoms with Crippen LogP contribution in [0.4, 0.5) is 10.3 Å². The Balaban J connectivity index is 1.52. The highest BCUT2D eigenvalue weighted by atomic mass is 35.5. The highest BCUT2D eigenvalue weighted by molar-refractivity contribution is 6.32. The molecule has 1 aliphatic rings. The number of hydrogen-bond acceptors (Lipinski definition) is 4. The maximum atomic E-state index is 14.5. The summed E-state index contributed by atoms with van der Waals surface area (Å²) in [6.45, 7) is 7.62. The van der Waals surface area contributed by atoms with Gasteiger partial charge in [0, 0.05) is 42.3 Å². The lowest BCUT2D eigenvalue weighted by Gasteiger charge is -2.29. The fraction of sp³-hybridized carbons (Fsp3) is 0.229. The molecule has 1 aliphatic heterocycles. The summed E-state index contributed by atoms with van der Waals surface area (Å²) in [5.41, 5.74) is 7.65. The Morgan fingerprint density at radius 1 is 0.905 bits per heavy atom. The number of aryl methyl sites for hydroxylation is 2. The van der Waals surface area contributed by atoms with Crippen molar-refractivity contribution in [3.8, 4) is 28.7 Å². The monoisotopic (exact) mass is 578 g/mol. The van der Waals surface area contributed by atoms with E-state index in [2.05, 4.69) is 32.7 Å². The first kappa shape index (κ1) is 27.8. The van der Waals surface area contributed by atoms with Crippen molar-refractivity contribution in [2.75, 3.05) is 38.2 Å². The number of nitrogens with one attached hydrogen (secondary N) is 1. The first-order valence-corrected chi connectivity index (χ1v) is 14.5. The molecule has 0 radical (unpaired) electrons. The number of piperazine rings is 1. The van der Waals surface area contributed by atoms with E-state index in [1.807, 2.05) is 80.6 Å². The Morgan fingerprint density at radius 2 is 1.57 bits per heavy atom. The van der Waals surface area contributed by atoms with Crippen LogP contribution in [0.15, 0.2) is 72.8 Å². The largest absolute Gasteiger partial charge is 0.495 e. The Morgan fingerprint density at radius 3 is 2.31 bits per heavy atom. The summed E-state index contributed by atoms with van der Waals surface area (Å²) < 4.78 is 22.2. The van der Waals surface area contributed by atoms with Gasteiger partial charge in [-0.1, -0.05) is 65.9 Å². The van der Waals surface area contributed by atoms with Crippen molar-refractivity contribution >= 4 is 28.6 Å². The third-order valence-electron chi connectivity index (χ3n) is 7.69. The molecule has 0 aliphatic carbocycles. The maximum Gasteiger partial charge on any atom is 0.206 e. The van der Waals surface area contributed by atoms with Crippen molar-refractivity contribution in [2.24, 2.45) is 0 Å². The van der Waals surface area contributed by atoms with Gasteiger partial charge in [0.2, 0.25) is 5.95 Å². The molecule has 0 saturated carbocycles. The zero-order valence-corrected chi connectivity index (χ0v) is 24.7. The summed E-state index contributed by atoms with van der Waals surface area (Å²) in [5, 5.41) is 4.05. The second kappa shape index (κ2) is 11.9. The summed E-state index contributed by atoms with van der Waals surface area (Å²) in [6, 6.07) is 23.6. The molecule has 1 N–H and O–H groups in total. The first-order chi connectivity index (χ1) is 20.4. The van der Waals surface area contributed by atoms with Gasteiger partial charge in [0.1, 0.15) is 11.6 Å². The van der Waals surface area contributed by atoms with Gasteiger partial charge < -0.3 is 19.5 Å². The molecule has 0 unspecified atom stereocenters. The van der Waals surface area contributed by atoms with E-state index in [4.69, 9.17) is 21.3 Å². The van der Waals surface area contributed by atoms with E-state index in [-0.39, 0.29) is 5.82 Å². The summed E-state index contributed by atoms with van der Waals surface area (Å²) in [5.74, 6) is 8.11. The number of rotatable bonds is 5. The van der Waals surface area contributed by atoms with E-state index in [1.54, 1.807) is 7.11 Å². The van der Waals surface area contributed by atoms with Crippen LogP contribution in [-0.4, -0.2) is 42.8 Å². The Kier molecular flexibility index (Phi) is 7.88. The van der Waals surface area contributed by atoms with Crippen LogP contribution in [0.5, 0.6) is 5.75 Å². The second-order valence-corrected chi connectivity index (χ2v) is 11.0. The lowest BCUT2D eigenvalue weighted by Crippen LogP contribution is -2.44. The molecule has 0 spiro atoms. The van der Waals surface area contributed by atoms with Crippen molar-refractivity contribution in [1.82, 2.24) is 14.9 Å². The number of imidazole rings is 1. The summed E-state index contributed by atoms with van der Waals surface area (Å²) in [7, 11) is 1.65. The van der Waals surface area contributed by atoms with Gasteiger partial charge in [0.15, 0.2) is 0 Å². The number of nitrogens with zero attached hydrogens (tertiary/aromatic N) is 3. The minimum atomic E-state index is -0.160. The first-order valence-electron chi connectivity index (χ1n) is 14.1. The number of para-hydroxylation sites is 1. The van der Waals surface area contributed by atoms with Gasteiger partial charge in [-0.2, -0.15) is 0 Å². The minimum Gasteiger partial charge on any atom is -0.495 e. The number of benzene rings is 4. The van der Waals surface area contributed by atoms with Crippen LogP contribution in [0.25, 0.3) is 22.2 Å². The molecular weight excluding hydrogens is 547 g/mol. The quantitative estimate of drug-likeness (QED) is 0.229. The van der Waals surface area contributed by atoms with Crippen molar-refractivity contribution in [3.05, 3.63) is 111 Å². The number of hydrogen-bond donors (Lipinski definition) is 1. The van der Waals surface area contributed by atoms with E-state index < -0.39 is 0 Å². The van der Waals surface area contributed by atoms with Gasteiger partial charge >= 0.3 is 0 Å². The predicted molar refractivity (Wildman–Crippen MR) is 169 cm³/mol. The molecule has 42 heavy (non-hydrogen) atoms. The van der Waals surface area contributed by atoms with Crippen molar-refractivity contribution in [1.29, 1.82) is 0 Å². The average Bonchev–Trinajstić information content (AvgIpc) is 3.36. The van der Waals surface area contributed by atoms with Gasteiger partial charge in [0.05, 0.1) is 30.3 Å². The van der Waals surface area contributed by atoms with Crippen LogP contribution in [0.1, 0.15) is 27.8 Å². The third kappa shape index (κ3) is 5.46. The highest BCUT2D eigenvalue weighted by Gasteiger charge is 2.23. The van der Waals surface area contributed by atoms with E-state index in [1.165, 1.54) is 0 Å². The molecule has 1 fully saturated rings. The van der Waals surface area contributed by atoms with Gasteiger partial charge in [-0.25, -0.2) is 9.37 Å². The molecule has 5 nitrogen and oxygen atoms in total. The lowest BCUT2D eigenvalue weighted by molar-refractivity contribution is 0.413. The molecular formula is C35H32ClFN4O. The molecule has 0 amide bonds. The molecule has 2 heterocycles. The molecule has 212 valence electrons. The van der Waals surface area contributed by atoms with Crippen molar-refractivity contribution in [3.63, 3.8) is 0 Å². The molecule has 5 aromatic rings. The zero-order valence-electron chi connectivity index (χ0n) is 24.0. The summed E-state index contributed by atoms with van der Waals surface area (Å²) >= 11 is 6.81. The normalized spacial score (nSPS) is 13.2. The van der Waals surface area contributed by atoms with Crippen LogP contribution in [0.3, 0.4) is 0 Å². The SMILES string of the molecule is COc1ccccc1C#Cc1ccccc1-c1cc(Cl)cc2c1nc(N1CCNCC1)n2Cc1cc(C)c(F)c(C)c1. The molecule has 4 aromatic carbocycles. The third-order valence-corrected chi connectivity index (χ3v) is 7.91. The maximum absolute atomic E-state index is 14.5. The summed E-state index contributed by atoms with van der Waals surface area (Å²) in [4.78, 5) is 7.57. The predicted octanol–water partition coefficient (Wildman–Crippen LogP) is 6.98. The van der Waals surface area contributed by atoms with E-state index in [0.717, 1.165) is 76.7 Å². The molecule has 1 aromatic heterocycles. The van der Waals surface area contributed by atoms with Crippen LogP contribution in [-0.2, 0) is 6.54 Å². The molecule has 6 rings (SSSR count). The number of halogens is 2. The Labute approximate surface area is 250 Å². The fourth-order valence-corrected chi connectivity index (χ4v) is 5.88. The van der Waals surface area contributed by atoms with Crippen LogP contribution < -0.4 is 15.0 Å². The van der Waals surface area contributed by atoms with E-state index in [0.29, 0.717) is 22.7 Å². The van der Waals surface area contributed by atoms with Gasteiger partial charge in [-0.05, 0) is 66.4 Å². The number of methoxy groups -OCH3 is 1. The van der Waals surface area contributed by atoms with Crippen LogP contribution in [0, 0.1) is 31.5 Å². The molecule has 1 saturated heterocycles. The lowest BCUT2D eigenvalue weighted by atomic mass is 9.98. The van der Waals surface area contributed by atoms with Crippen LogP contribution in [0.2, 0.25) is 5.02 Å². The van der Waals surface area contributed by atoms with Gasteiger partial charge in [-0.15, -0.1) is 0 Å². The topological polar surface area (TPSA) is 42.3 Å². The smallest absolute Gasteiger partial charge is 0.206 e. The molecule has 0 bridgehead atoms. The Bertz CT molecular complexity index is 1820. The van der Waals surface area contributed by atoms with Crippen molar-refractivity contribution in [2.45, 2.75) is 20.4 Å². The number of aromatic nitrogens is 2. The highest BCUT2D eigenvalue weighted by Crippen LogP contribution is 2.36. The van der Waals surface area contributed by atoms with E-state index >= 15 is 0 Å². The summed E-state index contributed by atoms with van der Waals surface area (Å²) in [6.07, 6.45) is 0. The molecule has 7 heteroatoms. The minimum absolute atomic E-state index is 0.160. The van der Waals surface area contributed by atoms with E-state index in [9.17, 15) is 4.39 Å². The molecule has 0 atom stereocenters. The standard InChI is InChI=1S/C35H32ClFN4O/c1-23-18-25(19-24(2)33(23)37)22-41-31-21-28(36)20-30(34(31)39-35(41)40-16-14-38-15-17-40)29-10-6-4-8-26(29)12-13-27-9-5-7-11-32(27)42-3/h4-11,18-21,38H,14-17,22H2,1-3H3. The van der Waals surface area contributed by atoms with Crippen LogP contribution >= 0.6 is 11.6 Å². The zero-order chi connectivity index (χ0) is 29.2. The number of fused-ring (bicyclic) bond motifs is 1. The number of anilines is 1. The second-order valence-electron chi connectivity index (χ2n) is 10.6.